The van der Waals surface area contributed by atoms with Crippen molar-refractivity contribution in [3.63, 3.8) is 0 Å². The largest absolute Gasteiger partial charge is 0.496 e. The van der Waals surface area contributed by atoms with Crippen molar-refractivity contribution in [1.82, 2.24) is 4.98 Å². The first kappa shape index (κ1) is 27.3. The molecule has 1 aliphatic rings. The molecule has 6 nitrogen and oxygen atoms in total. The third-order valence-electron chi connectivity index (χ3n) is 7.07. The van der Waals surface area contributed by atoms with Crippen LogP contribution in [0.3, 0.4) is 0 Å². The van der Waals surface area contributed by atoms with E-state index in [2.05, 4.69) is 4.98 Å². The first-order chi connectivity index (χ1) is 16.2. The average Bonchev–Trinajstić information content (AvgIpc) is 2.82. The van der Waals surface area contributed by atoms with Crippen molar-refractivity contribution in [3.05, 3.63) is 47.2 Å². The molecule has 2 aromatic rings. The van der Waals surface area contributed by atoms with Gasteiger partial charge in [0.1, 0.15) is 5.75 Å². The molecule has 10 heteroatoms. The standard InChI is InChI=1S/C25H32F3NO5S/c1-7-23(2,3)16-10-17(25(26,27)28)12-18(11-16)35(30,31)24(4)8-9-34-21(14-24)19-15-29-22(33-6)13-20(19)32-5/h10-13,15,21H,7-9,14H2,1-6H3. The van der Waals surface area contributed by atoms with E-state index >= 15 is 0 Å². The van der Waals surface area contributed by atoms with Gasteiger partial charge >= 0.3 is 6.18 Å². The number of ether oxygens (including phenoxy) is 3. The van der Waals surface area contributed by atoms with Crippen molar-refractivity contribution in [3.8, 4) is 11.6 Å². The number of pyridine rings is 1. The van der Waals surface area contributed by atoms with Crippen molar-refractivity contribution in [1.29, 1.82) is 0 Å². The summed E-state index contributed by atoms with van der Waals surface area (Å²) in [6, 6.07) is 4.76. The lowest BCUT2D eigenvalue weighted by atomic mass is 9.81. The van der Waals surface area contributed by atoms with Gasteiger partial charge in [-0.1, -0.05) is 20.8 Å². The monoisotopic (exact) mass is 515 g/mol. The van der Waals surface area contributed by atoms with E-state index in [1.807, 2.05) is 6.92 Å². The summed E-state index contributed by atoms with van der Waals surface area (Å²) in [5.41, 5.74) is -0.719. The zero-order valence-corrected chi connectivity index (χ0v) is 21.6. The lowest BCUT2D eigenvalue weighted by Gasteiger charge is -2.38. The van der Waals surface area contributed by atoms with Crippen molar-refractivity contribution in [2.24, 2.45) is 0 Å². The van der Waals surface area contributed by atoms with Crippen LogP contribution in [0.25, 0.3) is 0 Å². The third kappa shape index (κ3) is 5.28. The molecule has 1 aliphatic heterocycles. The Kier molecular flexibility index (Phi) is 7.49. The fraction of sp³-hybridized carbons (Fsp3) is 0.560. The zero-order valence-electron chi connectivity index (χ0n) is 20.8. The van der Waals surface area contributed by atoms with Crippen LogP contribution in [0.5, 0.6) is 11.6 Å². The molecular weight excluding hydrogens is 483 g/mol. The number of hydrogen-bond acceptors (Lipinski definition) is 6. The minimum absolute atomic E-state index is 0.0302. The highest BCUT2D eigenvalue weighted by Crippen LogP contribution is 2.45. The highest BCUT2D eigenvalue weighted by atomic mass is 32.2. The van der Waals surface area contributed by atoms with Crippen molar-refractivity contribution in [2.45, 2.75) is 74.3 Å². The molecule has 1 aromatic heterocycles. The molecule has 1 aromatic carbocycles. The fourth-order valence-electron chi connectivity index (χ4n) is 4.17. The van der Waals surface area contributed by atoms with E-state index in [0.29, 0.717) is 29.2 Å². The quantitative estimate of drug-likeness (QED) is 0.458. The smallest absolute Gasteiger partial charge is 0.416 e. The van der Waals surface area contributed by atoms with Crippen molar-refractivity contribution in [2.75, 3.05) is 20.8 Å². The lowest BCUT2D eigenvalue weighted by molar-refractivity contribution is -0.137. The second-order valence-electron chi connectivity index (χ2n) is 9.72. The summed E-state index contributed by atoms with van der Waals surface area (Å²) in [4.78, 5) is 3.85. The maximum atomic E-state index is 13.9. The minimum atomic E-state index is -4.68. The van der Waals surface area contributed by atoms with Crippen LogP contribution in [0.4, 0.5) is 13.2 Å². The predicted molar refractivity (Wildman–Crippen MR) is 126 cm³/mol. The number of nitrogens with zero attached hydrogens (tertiary/aromatic N) is 1. The molecule has 0 amide bonds. The summed E-state index contributed by atoms with van der Waals surface area (Å²) < 4.78 is 84.1. The predicted octanol–water partition coefficient (Wildman–Crippen LogP) is 5.89. The Labute approximate surface area is 204 Å². The minimum Gasteiger partial charge on any atom is -0.496 e. The van der Waals surface area contributed by atoms with Gasteiger partial charge in [0.25, 0.3) is 0 Å². The molecule has 1 fully saturated rings. The third-order valence-corrected chi connectivity index (χ3v) is 9.60. The average molecular weight is 516 g/mol. The summed E-state index contributed by atoms with van der Waals surface area (Å²) >= 11 is 0. The molecule has 0 radical (unpaired) electrons. The Morgan fingerprint density at radius 3 is 2.34 bits per heavy atom. The molecule has 0 saturated carbocycles. The highest BCUT2D eigenvalue weighted by molar-refractivity contribution is 7.92. The van der Waals surface area contributed by atoms with Gasteiger partial charge in [0.15, 0.2) is 9.84 Å². The SMILES string of the molecule is CCC(C)(C)c1cc(C(F)(F)F)cc(S(=O)(=O)C2(C)CCOC(c3cnc(OC)cc3OC)C2)c1. The Balaban J connectivity index is 2.08. The summed E-state index contributed by atoms with van der Waals surface area (Å²) in [6.45, 7) is 7.13. The Hall–Kier alpha value is -2.33. The molecule has 0 N–H and O–H groups in total. The van der Waals surface area contributed by atoms with Gasteiger partial charge in [-0.25, -0.2) is 13.4 Å². The van der Waals surface area contributed by atoms with Crippen LogP contribution in [0.15, 0.2) is 35.4 Å². The lowest BCUT2D eigenvalue weighted by Crippen LogP contribution is -2.42. The summed E-state index contributed by atoms with van der Waals surface area (Å²) in [6.07, 6.45) is -3.12. The fourth-order valence-corrected chi connectivity index (χ4v) is 6.03. The number of aromatic nitrogens is 1. The Morgan fingerprint density at radius 2 is 1.77 bits per heavy atom. The van der Waals surface area contributed by atoms with Gasteiger partial charge < -0.3 is 14.2 Å². The number of hydrogen-bond donors (Lipinski definition) is 0. The number of rotatable bonds is 7. The first-order valence-electron chi connectivity index (χ1n) is 11.4. The van der Waals surface area contributed by atoms with Gasteiger partial charge in [0.05, 0.1) is 35.5 Å². The van der Waals surface area contributed by atoms with Gasteiger partial charge in [-0.15, -0.1) is 0 Å². The maximum Gasteiger partial charge on any atom is 0.416 e. The number of alkyl halides is 3. The van der Waals surface area contributed by atoms with Crippen LogP contribution >= 0.6 is 0 Å². The van der Waals surface area contributed by atoms with E-state index in [4.69, 9.17) is 14.2 Å². The molecule has 35 heavy (non-hydrogen) atoms. The van der Waals surface area contributed by atoms with Crippen LogP contribution in [0, 0.1) is 0 Å². The number of halogens is 3. The van der Waals surface area contributed by atoms with E-state index in [9.17, 15) is 21.6 Å². The maximum absolute atomic E-state index is 13.9. The van der Waals surface area contributed by atoms with E-state index in [1.165, 1.54) is 26.5 Å². The second kappa shape index (κ2) is 9.61. The Bertz CT molecular complexity index is 1180. The van der Waals surface area contributed by atoms with E-state index in [-0.39, 0.29) is 24.3 Å². The van der Waals surface area contributed by atoms with Gasteiger partial charge in [-0.05, 0) is 55.4 Å². The molecule has 0 spiro atoms. The van der Waals surface area contributed by atoms with Gasteiger partial charge in [0, 0.05) is 24.4 Å². The summed E-state index contributed by atoms with van der Waals surface area (Å²) in [5.74, 6) is 0.751. The summed E-state index contributed by atoms with van der Waals surface area (Å²) in [5, 5.41) is 0. The highest BCUT2D eigenvalue weighted by Gasteiger charge is 2.47. The molecule has 3 rings (SSSR count). The summed E-state index contributed by atoms with van der Waals surface area (Å²) in [7, 11) is -1.24. The molecule has 1 saturated heterocycles. The van der Waals surface area contributed by atoms with Crippen LogP contribution in [-0.2, 0) is 26.2 Å². The van der Waals surface area contributed by atoms with E-state index in [0.717, 1.165) is 12.1 Å². The number of benzene rings is 1. The van der Waals surface area contributed by atoms with Crippen LogP contribution in [0.1, 0.15) is 69.8 Å². The normalized spacial score (nSPS) is 21.6. The topological polar surface area (TPSA) is 74.7 Å². The van der Waals surface area contributed by atoms with Crippen molar-refractivity contribution < 1.29 is 35.8 Å². The van der Waals surface area contributed by atoms with Crippen molar-refractivity contribution >= 4 is 9.84 Å². The molecule has 0 bridgehead atoms. The molecular formula is C25H32F3NO5S. The molecule has 194 valence electrons. The first-order valence-corrected chi connectivity index (χ1v) is 12.8. The molecule has 2 heterocycles. The second-order valence-corrected chi connectivity index (χ2v) is 12.2. The van der Waals surface area contributed by atoms with Gasteiger partial charge in [-0.2, -0.15) is 13.2 Å². The number of methoxy groups -OCH3 is 2. The van der Waals surface area contributed by atoms with Crippen LogP contribution < -0.4 is 9.47 Å². The van der Waals surface area contributed by atoms with Crippen LogP contribution in [0.2, 0.25) is 0 Å². The zero-order chi connectivity index (χ0) is 26.2. The van der Waals surface area contributed by atoms with E-state index < -0.39 is 37.8 Å². The molecule has 2 atom stereocenters. The number of sulfone groups is 1. The Morgan fingerprint density at radius 1 is 1.11 bits per heavy atom. The molecule has 2 unspecified atom stereocenters. The van der Waals surface area contributed by atoms with E-state index in [1.54, 1.807) is 26.8 Å². The van der Waals surface area contributed by atoms with Gasteiger partial charge in [0.2, 0.25) is 5.88 Å². The van der Waals surface area contributed by atoms with Crippen LogP contribution in [-0.4, -0.2) is 39.0 Å². The van der Waals surface area contributed by atoms with Gasteiger partial charge in [-0.3, -0.25) is 0 Å². The molecule has 0 aliphatic carbocycles.